The molecular formula is C14H14BrN3O3S. The number of nitrogens with zero attached hydrogens (tertiary/aromatic N) is 2. The predicted octanol–water partition coefficient (Wildman–Crippen LogP) is 2.70. The molecule has 0 aliphatic heterocycles. The summed E-state index contributed by atoms with van der Waals surface area (Å²) in [4.78, 5) is 24.6. The molecule has 0 bridgehead atoms. The molecule has 0 spiro atoms. The van der Waals surface area contributed by atoms with E-state index in [2.05, 4.69) is 31.1 Å². The number of esters is 1. The van der Waals surface area contributed by atoms with Gasteiger partial charge in [-0.05, 0) is 24.3 Å². The number of methoxy groups -OCH3 is 1. The quantitative estimate of drug-likeness (QED) is 0.634. The maximum Gasteiger partial charge on any atom is 0.358 e. The van der Waals surface area contributed by atoms with Crippen molar-refractivity contribution in [3.63, 3.8) is 0 Å². The Morgan fingerprint density at radius 2 is 2.05 bits per heavy atom. The van der Waals surface area contributed by atoms with E-state index in [0.717, 1.165) is 9.37 Å². The minimum Gasteiger partial charge on any atom is -0.464 e. The second-order valence-electron chi connectivity index (χ2n) is 4.31. The topological polar surface area (TPSA) is 73.2 Å². The summed E-state index contributed by atoms with van der Waals surface area (Å²) >= 11 is 4.77. The molecule has 6 nitrogen and oxygen atoms in total. The summed E-state index contributed by atoms with van der Waals surface area (Å²) in [5, 5.41) is 6.63. The molecule has 2 aromatic rings. The molecule has 0 aliphatic rings. The molecule has 2 rings (SSSR count). The number of ether oxygens (including phenoxy) is 1. The van der Waals surface area contributed by atoms with Crippen molar-refractivity contribution in [3.05, 3.63) is 40.6 Å². The Balaban J connectivity index is 1.98. The molecule has 1 heterocycles. The maximum absolute atomic E-state index is 12.0. The Labute approximate surface area is 140 Å². The van der Waals surface area contributed by atoms with Crippen LogP contribution >= 0.6 is 27.7 Å². The molecule has 0 fully saturated rings. The lowest BCUT2D eigenvalue weighted by Crippen LogP contribution is -2.17. The van der Waals surface area contributed by atoms with Crippen LogP contribution in [0.1, 0.15) is 10.5 Å². The maximum atomic E-state index is 12.0. The van der Waals surface area contributed by atoms with Gasteiger partial charge in [-0.1, -0.05) is 15.9 Å². The molecular weight excluding hydrogens is 370 g/mol. The van der Waals surface area contributed by atoms with Gasteiger partial charge in [0.1, 0.15) is 0 Å². The van der Waals surface area contributed by atoms with Crippen molar-refractivity contribution in [1.29, 1.82) is 0 Å². The largest absolute Gasteiger partial charge is 0.464 e. The Morgan fingerprint density at radius 3 is 2.68 bits per heavy atom. The van der Waals surface area contributed by atoms with Gasteiger partial charge in [-0.25, -0.2) is 4.79 Å². The lowest BCUT2D eigenvalue weighted by Gasteiger charge is -2.06. The van der Waals surface area contributed by atoms with Crippen LogP contribution in [0.5, 0.6) is 0 Å². The second-order valence-corrected chi connectivity index (χ2v) is 6.28. The Hall–Kier alpha value is -1.80. The zero-order valence-electron chi connectivity index (χ0n) is 12.0. The summed E-state index contributed by atoms with van der Waals surface area (Å²) in [5.41, 5.74) is 0.556. The highest BCUT2D eigenvalue weighted by Gasteiger charge is 2.19. The van der Waals surface area contributed by atoms with Gasteiger partial charge in [0.25, 0.3) is 0 Å². The van der Waals surface area contributed by atoms with E-state index in [0.29, 0.717) is 5.69 Å². The molecule has 0 radical (unpaired) electrons. The first-order valence-electron chi connectivity index (χ1n) is 6.30. The third-order valence-corrected chi connectivity index (χ3v) is 4.32. The van der Waals surface area contributed by atoms with Crippen LogP contribution in [0.4, 0.5) is 5.69 Å². The van der Waals surface area contributed by atoms with Gasteiger partial charge in [-0.15, -0.1) is 11.8 Å². The van der Waals surface area contributed by atoms with Crippen molar-refractivity contribution in [2.24, 2.45) is 7.05 Å². The molecule has 0 saturated carbocycles. The van der Waals surface area contributed by atoms with E-state index < -0.39 is 5.97 Å². The summed E-state index contributed by atoms with van der Waals surface area (Å²) in [5.74, 6) is -0.529. The van der Waals surface area contributed by atoms with Gasteiger partial charge in [0, 0.05) is 16.4 Å². The number of nitrogens with one attached hydrogen (secondary N) is 1. The minimum absolute atomic E-state index is 0.212. The Bertz CT molecular complexity index is 685. The van der Waals surface area contributed by atoms with Crippen LogP contribution in [0.15, 0.2) is 39.8 Å². The molecule has 0 aliphatic carbocycles. The van der Waals surface area contributed by atoms with Crippen LogP contribution < -0.4 is 5.32 Å². The minimum atomic E-state index is -0.545. The molecule has 1 aromatic heterocycles. The van der Waals surface area contributed by atoms with E-state index in [1.54, 1.807) is 7.05 Å². The van der Waals surface area contributed by atoms with Crippen molar-refractivity contribution in [1.82, 2.24) is 9.78 Å². The summed E-state index contributed by atoms with van der Waals surface area (Å²) in [6.45, 7) is 0. The molecule has 1 amide bonds. The van der Waals surface area contributed by atoms with Crippen molar-refractivity contribution in [2.45, 2.75) is 4.90 Å². The summed E-state index contributed by atoms with van der Waals surface area (Å²) < 4.78 is 7.03. The number of amides is 1. The lowest BCUT2D eigenvalue weighted by atomic mass is 10.3. The van der Waals surface area contributed by atoms with E-state index >= 15 is 0 Å². The number of benzene rings is 1. The number of aryl methyl sites for hydroxylation is 1. The number of aromatic nitrogens is 2. The van der Waals surface area contributed by atoms with E-state index in [1.807, 2.05) is 24.3 Å². The summed E-state index contributed by atoms with van der Waals surface area (Å²) in [6.07, 6.45) is 1.43. The number of rotatable bonds is 5. The zero-order valence-corrected chi connectivity index (χ0v) is 14.4. The Kier molecular flexibility index (Phi) is 5.62. The van der Waals surface area contributed by atoms with E-state index in [4.69, 9.17) is 0 Å². The van der Waals surface area contributed by atoms with Gasteiger partial charge in [0.2, 0.25) is 5.91 Å². The highest BCUT2D eigenvalue weighted by atomic mass is 79.9. The first kappa shape index (κ1) is 16.6. The van der Waals surface area contributed by atoms with Crippen molar-refractivity contribution >= 4 is 45.3 Å². The number of hydrogen-bond acceptors (Lipinski definition) is 5. The normalized spacial score (nSPS) is 10.3. The molecule has 116 valence electrons. The van der Waals surface area contributed by atoms with Gasteiger partial charge in [0.05, 0.1) is 24.7 Å². The fourth-order valence-electron chi connectivity index (χ4n) is 1.73. The standard InChI is InChI=1S/C14H14BrN3O3S/c1-18-13(14(20)21-2)11(7-16-18)17-12(19)8-22-10-5-3-9(15)4-6-10/h3-7H,8H2,1-2H3,(H,17,19). The lowest BCUT2D eigenvalue weighted by molar-refractivity contribution is -0.113. The fourth-order valence-corrected chi connectivity index (χ4v) is 2.70. The zero-order chi connectivity index (χ0) is 16.1. The van der Waals surface area contributed by atoms with Gasteiger partial charge >= 0.3 is 5.97 Å². The molecule has 8 heteroatoms. The number of carbonyl (C=O) groups excluding carboxylic acids is 2. The smallest absolute Gasteiger partial charge is 0.358 e. The monoisotopic (exact) mass is 383 g/mol. The van der Waals surface area contributed by atoms with Gasteiger partial charge < -0.3 is 10.1 Å². The van der Waals surface area contributed by atoms with Crippen LogP contribution in [0, 0.1) is 0 Å². The number of halogens is 1. The third kappa shape index (κ3) is 4.11. The highest BCUT2D eigenvalue weighted by Crippen LogP contribution is 2.21. The Morgan fingerprint density at radius 1 is 1.36 bits per heavy atom. The van der Waals surface area contributed by atoms with Crippen molar-refractivity contribution in [2.75, 3.05) is 18.2 Å². The van der Waals surface area contributed by atoms with E-state index in [9.17, 15) is 9.59 Å². The first-order chi connectivity index (χ1) is 10.5. The second kappa shape index (κ2) is 7.46. The molecule has 22 heavy (non-hydrogen) atoms. The van der Waals surface area contributed by atoms with Crippen LogP contribution in [0.25, 0.3) is 0 Å². The van der Waals surface area contributed by atoms with Crippen LogP contribution in [0.3, 0.4) is 0 Å². The summed E-state index contributed by atoms with van der Waals surface area (Å²) in [6, 6.07) is 7.67. The average molecular weight is 384 g/mol. The number of hydrogen-bond donors (Lipinski definition) is 1. The molecule has 0 saturated heterocycles. The van der Waals surface area contributed by atoms with Crippen LogP contribution in [-0.4, -0.2) is 34.5 Å². The fraction of sp³-hybridized carbons (Fsp3) is 0.214. The van der Waals surface area contributed by atoms with Crippen molar-refractivity contribution < 1.29 is 14.3 Å². The number of anilines is 1. The SMILES string of the molecule is COC(=O)c1c(NC(=O)CSc2ccc(Br)cc2)cnn1C. The molecule has 1 N–H and O–H groups in total. The predicted molar refractivity (Wildman–Crippen MR) is 88.0 cm³/mol. The highest BCUT2D eigenvalue weighted by molar-refractivity contribution is 9.10. The van der Waals surface area contributed by atoms with E-state index in [-0.39, 0.29) is 17.4 Å². The average Bonchev–Trinajstić information content (AvgIpc) is 2.86. The van der Waals surface area contributed by atoms with E-state index in [1.165, 1.54) is 29.8 Å². The number of carbonyl (C=O) groups is 2. The molecule has 0 atom stereocenters. The molecule has 0 unspecified atom stereocenters. The third-order valence-electron chi connectivity index (χ3n) is 2.78. The first-order valence-corrected chi connectivity index (χ1v) is 8.07. The number of thioether (sulfide) groups is 1. The van der Waals surface area contributed by atoms with Gasteiger partial charge in [-0.3, -0.25) is 9.48 Å². The van der Waals surface area contributed by atoms with Crippen molar-refractivity contribution in [3.8, 4) is 0 Å². The summed E-state index contributed by atoms with van der Waals surface area (Å²) in [7, 11) is 2.89. The molecule has 1 aromatic carbocycles. The van der Waals surface area contributed by atoms with Gasteiger partial charge in [0.15, 0.2) is 5.69 Å². The van der Waals surface area contributed by atoms with Gasteiger partial charge in [-0.2, -0.15) is 5.10 Å². The van der Waals surface area contributed by atoms with Crippen LogP contribution in [0.2, 0.25) is 0 Å². The van der Waals surface area contributed by atoms with Crippen LogP contribution in [-0.2, 0) is 16.6 Å².